The highest BCUT2D eigenvalue weighted by Crippen LogP contribution is 2.24. The van der Waals surface area contributed by atoms with Crippen LogP contribution in [0.4, 0.5) is 11.4 Å². The standard InChI is InChI=1S/C23H22N2O/c1-26-23-16-19(3-2-17-6-12-21(24)13-7-17)5-11-20(23)10-4-18-8-14-22(25)15-9-18/h2-16H,24-25H2,1H3. The molecule has 0 fully saturated rings. The van der Waals surface area contributed by atoms with Crippen molar-refractivity contribution in [3.63, 3.8) is 0 Å². The molecule has 26 heavy (non-hydrogen) atoms. The van der Waals surface area contributed by atoms with Crippen LogP contribution in [0, 0.1) is 0 Å². The van der Waals surface area contributed by atoms with E-state index in [1.54, 1.807) is 7.11 Å². The van der Waals surface area contributed by atoms with Gasteiger partial charge in [0, 0.05) is 16.9 Å². The van der Waals surface area contributed by atoms with E-state index in [-0.39, 0.29) is 0 Å². The van der Waals surface area contributed by atoms with Gasteiger partial charge < -0.3 is 16.2 Å². The Kier molecular flexibility index (Phi) is 5.40. The number of hydrogen-bond donors (Lipinski definition) is 2. The van der Waals surface area contributed by atoms with Gasteiger partial charge in [0.2, 0.25) is 0 Å². The molecule has 0 atom stereocenters. The van der Waals surface area contributed by atoms with E-state index >= 15 is 0 Å². The molecule has 0 saturated heterocycles. The number of nitrogen functional groups attached to an aromatic ring is 2. The fourth-order valence-corrected chi connectivity index (χ4v) is 2.56. The van der Waals surface area contributed by atoms with E-state index in [1.165, 1.54) is 0 Å². The summed E-state index contributed by atoms with van der Waals surface area (Å²) in [4.78, 5) is 0. The lowest BCUT2D eigenvalue weighted by Gasteiger charge is -2.06. The van der Waals surface area contributed by atoms with Gasteiger partial charge in [-0.25, -0.2) is 0 Å². The molecule has 3 aromatic carbocycles. The van der Waals surface area contributed by atoms with E-state index < -0.39 is 0 Å². The second kappa shape index (κ2) is 8.08. The summed E-state index contributed by atoms with van der Waals surface area (Å²) in [6, 6.07) is 21.7. The first-order valence-corrected chi connectivity index (χ1v) is 8.39. The normalized spacial score (nSPS) is 11.3. The summed E-state index contributed by atoms with van der Waals surface area (Å²) in [5.41, 5.74) is 17.2. The summed E-state index contributed by atoms with van der Waals surface area (Å²) in [7, 11) is 1.68. The van der Waals surface area contributed by atoms with Crippen LogP contribution in [0.5, 0.6) is 5.75 Å². The predicted molar refractivity (Wildman–Crippen MR) is 113 cm³/mol. The minimum Gasteiger partial charge on any atom is -0.496 e. The zero-order valence-corrected chi connectivity index (χ0v) is 14.7. The van der Waals surface area contributed by atoms with Crippen molar-refractivity contribution in [2.75, 3.05) is 18.6 Å². The first kappa shape index (κ1) is 17.4. The van der Waals surface area contributed by atoms with E-state index in [2.05, 4.69) is 24.3 Å². The topological polar surface area (TPSA) is 61.3 Å². The quantitative estimate of drug-likeness (QED) is 0.495. The average Bonchev–Trinajstić information content (AvgIpc) is 2.67. The fourth-order valence-electron chi connectivity index (χ4n) is 2.56. The monoisotopic (exact) mass is 342 g/mol. The SMILES string of the molecule is COc1cc(C=Cc2ccc(N)cc2)ccc1C=Cc1ccc(N)cc1. The summed E-state index contributed by atoms with van der Waals surface area (Å²) in [6.07, 6.45) is 8.19. The number of methoxy groups -OCH3 is 1. The molecule has 4 N–H and O–H groups in total. The minimum absolute atomic E-state index is 0.761. The Morgan fingerprint density at radius 3 is 1.62 bits per heavy atom. The maximum Gasteiger partial charge on any atom is 0.126 e. The Bertz CT molecular complexity index is 923. The van der Waals surface area contributed by atoms with E-state index in [4.69, 9.17) is 16.2 Å². The highest BCUT2D eigenvalue weighted by Gasteiger charge is 2.01. The van der Waals surface area contributed by atoms with Gasteiger partial charge >= 0.3 is 0 Å². The summed E-state index contributed by atoms with van der Waals surface area (Å²) >= 11 is 0. The number of nitrogens with two attached hydrogens (primary N) is 2. The van der Waals surface area contributed by atoms with Crippen LogP contribution in [0.15, 0.2) is 66.7 Å². The highest BCUT2D eigenvalue weighted by molar-refractivity contribution is 5.76. The highest BCUT2D eigenvalue weighted by atomic mass is 16.5. The lowest BCUT2D eigenvalue weighted by Crippen LogP contribution is -1.88. The molecule has 0 saturated carbocycles. The molecular weight excluding hydrogens is 320 g/mol. The molecule has 3 aromatic rings. The maximum absolute atomic E-state index is 5.72. The molecular formula is C23H22N2O. The van der Waals surface area contributed by atoms with Crippen molar-refractivity contribution in [2.45, 2.75) is 0 Å². The van der Waals surface area contributed by atoms with Crippen molar-refractivity contribution < 1.29 is 4.74 Å². The average molecular weight is 342 g/mol. The van der Waals surface area contributed by atoms with Gasteiger partial charge in [0.15, 0.2) is 0 Å². The smallest absolute Gasteiger partial charge is 0.126 e. The van der Waals surface area contributed by atoms with Crippen LogP contribution in [0.3, 0.4) is 0 Å². The molecule has 0 aliphatic heterocycles. The minimum atomic E-state index is 0.761. The summed E-state index contributed by atoms with van der Waals surface area (Å²) in [5, 5.41) is 0. The number of rotatable bonds is 5. The molecule has 0 bridgehead atoms. The van der Waals surface area contributed by atoms with Gasteiger partial charge in [0.1, 0.15) is 5.75 Å². The van der Waals surface area contributed by atoms with Crippen LogP contribution in [0.2, 0.25) is 0 Å². The van der Waals surface area contributed by atoms with Crippen LogP contribution in [0.25, 0.3) is 24.3 Å². The molecule has 0 radical (unpaired) electrons. The number of anilines is 2. The van der Waals surface area contributed by atoms with Gasteiger partial charge in [-0.15, -0.1) is 0 Å². The molecule has 0 aromatic heterocycles. The van der Waals surface area contributed by atoms with Gasteiger partial charge in [0.25, 0.3) is 0 Å². The molecule has 0 unspecified atom stereocenters. The molecule has 0 aliphatic rings. The number of hydrogen-bond acceptors (Lipinski definition) is 3. The van der Waals surface area contributed by atoms with Gasteiger partial charge in [0.05, 0.1) is 7.11 Å². The Morgan fingerprint density at radius 2 is 1.08 bits per heavy atom. The largest absolute Gasteiger partial charge is 0.496 e. The van der Waals surface area contributed by atoms with Gasteiger partial charge in [-0.3, -0.25) is 0 Å². The summed E-state index contributed by atoms with van der Waals surface area (Å²) in [5.74, 6) is 0.830. The third-order valence-electron chi connectivity index (χ3n) is 4.05. The second-order valence-electron chi connectivity index (χ2n) is 6.00. The summed E-state index contributed by atoms with van der Waals surface area (Å²) in [6.45, 7) is 0. The molecule has 0 spiro atoms. The molecule has 3 nitrogen and oxygen atoms in total. The van der Waals surface area contributed by atoms with Crippen LogP contribution in [-0.4, -0.2) is 7.11 Å². The van der Waals surface area contributed by atoms with Crippen molar-refractivity contribution >= 4 is 35.7 Å². The zero-order chi connectivity index (χ0) is 18.4. The van der Waals surface area contributed by atoms with Crippen molar-refractivity contribution in [2.24, 2.45) is 0 Å². The van der Waals surface area contributed by atoms with E-state index in [0.717, 1.165) is 39.4 Å². The number of benzene rings is 3. The van der Waals surface area contributed by atoms with Gasteiger partial charge in [-0.1, -0.05) is 60.7 Å². The molecule has 130 valence electrons. The Balaban J connectivity index is 1.78. The lowest BCUT2D eigenvalue weighted by molar-refractivity contribution is 0.414. The Hall–Kier alpha value is -3.46. The van der Waals surface area contributed by atoms with E-state index in [1.807, 2.05) is 66.7 Å². The van der Waals surface area contributed by atoms with Crippen molar-refractivity contribution in [3.05, 3.63) is 89.0 Å². The van der Waals surface area contributed by atoms with Gasteiger partial charge in [-0.05, 0) is 47.0 Å². The van der Waals surface area contributed by atoms with Gasteiger partial charge in [-0.2, -0.15) is 0 Å². The third-order valence-corrected chi connectivity index (χ3v) is 4.05. The Labute approximate surface area is 154 Å². The zero-order valence-electron chi connectivity index (χ0n) is 14.7. The predicted octanol–water partition coefficient (Wildman–Crippen LogP) is 5.20. The number of ether oxygens (including phenoxy) is 1. The lowest BCUT2D eigenvalue weighted by atomic mass is 10.1. The van der Waals surface area contributed by atoms with Crippen LogP contribution < -0.4 is 16.2 Å². The van der Waals surface area contributed by atoms with Crippen molar-refractivity contribution in [1.82, 2.24) is 0 Å². The Morgan fingerprint density at radius 1 is 0.615 bits per heavy atom. The fraction of sp³-hybridized carbons (Fsp3) is 0.0435. The summed E-state index contributed by atoms with van der Waals surface area (Å²) < 4.78 is 5.54. The second-order valence-corrected chi connectivity index (χ2v) is 6.00. The van der Waals surface area contributed by atoms with E-state index in [9.17, 15) is 0 Å². The molecule has 0 amide bonds. The van der Waals surface area contributed by atoms with Crippen molar-refractivity contribution in [3.8, 4) is 5.75 Å². The first-order valence-electron chi connectivity index (χ1n) is 8.39. The van der Waals surface area contributed by atoms with E-state index in [0.29, 0.717) is 0 Å². The van der Waals surface area contributed by atoms with Crippen LogP contribution in [-0.2, 0) is 0 Å². The van der Waals surface area contributed by atoms with Crippen molar-refractivity contribution in [1.29, 1.82) is 0 Å². The molecule has 0 heterocycles. The van der Waals surface area contributed by atoms with Crippen LogP contribution in [0.1, 0.15) is 22.3 Å². The molecule has 3 heteroatoms. The molecule has 3 rings (SSSR count). The first-order chi connectivity index (χ1) is 12.6. The third kappa shape index (κ3) is 4.54. The maximum atomic E-state index is 5.72. The van der Waals surface area contributed by atoms with Crippen LogP contribution >= 0.6 is 0 Å². The molecule has 0 aliphatic carbocycles.